The highest BCUT2D eigenvalue weighted by atomic mass is 19.3. The van der Waals surface area contributed by atoms with E-state index in [1.54, 1.807) is 12.3 Å². The Morgan fingerprint density at radius 1 is 1.29 bits per heavy atom. The SMILES string of the molecule is CCc1ccnc(C(C(=O)O)N2CCC[C@@H]2C(F)(F)CCCCc2ccc3c(n2)NCCC3)c1. The number of carbonyl (C=O) groups is 1. The Hall–Kier alpha value is -2.61. The summed E-state index contributed by atoms with van der Waals surface area (Å²) in [5, 5.41) is 13.2. The van der Waals surface area contributed by atoms with Gasteiger partial charge in [-0.05, 0) is 87.2 Å². The first kappa shape index (κ1) is 24.5. The summed E-state index contributed by atoms with van der Waals surface area (Å²) in [6, 6.07) is 5.39. The lowest BCUT2D eigenvalue weighted by molar-refractivity contribution is -0.149. The third-order valence-electron chi connectivity index (χ3n) is 7.03. The number of likely N-dealkylation sites (tertiary alicyclic amines) is 1. The molecule has 0 spiro atoms. The second-order valence-corrected chi connectivity index (χ2v) is 9.39. The Labute approximate surface area is 199 Å². The number of carboxylic acid groups (broad SMARTS) is 1. The first-order valence-electron chi connectivity index (χ1n) is 12.4. The minimum atomic E-state index is -2.96. The summed E-state index contributed by atoms with van der Waals surface area (Å²) in [7, 11) is 0. The van der Waals surface area contributed by atoms with Crippen LogP contribution in [0.4, 0.5) is 14.6 Å². The number of halogens is 2. The highest BCUT2D eigenvalue weighted by molar-refractivity contribution is 5.75. The molecule has 6 nitrogen and oxygen atoms in total. The number of rotatable bonds is 10. The first-order chi connectivity index (χ1) is 16.4. The molecule has 2 aliphatic heterocycles. The Morgan fingerprint density at radius 2 is 2.15 bits per heavy atom. The zero-order valence-electron chi connectivity index (χ0n) is 19.8. The van der Waals surface area contributed by atoms with Crippen molar-refractivity contribution in [3.05, 3.63) is 53.0 Å². The van der Waals surface area contributed by atoms with Gasteiger partial charge in [0.1, 0.15) is 5.82 Å². The second kappa shape index (κ2) is 10.8. The summed E-state index contributed by atoms with van der Waals surface area (Å²) >= 11 is 0. The first-order valence-corrected chi connectivity index (χ1v) is 12.4. The zero-order chi connectivity index (χ0) is 24.1. The van der Waals surface area contributed by atoms with Crippen molar-refractivity contribution in [2.75, 3.05) is 18.4 Å². The topological polar surface area (TPSA) is 78.3 Å². The number of nitrogens with zero attached hydrogens (tertiary/aromatic N) is 3. The molecule has 2 aliphatic rings. The van der Waals surface area contributed by atoms with E-state index >= 15 is 8.78 Å². The standard InChI is InChI=1S/C26H34F2N4O2/c1-2-18-12-15-29-21(17-18)23(25(33)34)32-16-6-9-22(32)26(27,28)13-4-3-8-20-11-10-19-7-5-14-30-24(19)31-20/h10-12,15,17,22-23H,2-9,13-14,16H2,1H3,(H,30,31)(H,33,34)/t22-,23?/m1/s1. The van der Waals surface area contributed by atoms with Crippen LogP contribution in [-0.2, 0) is 24.1 Å². The Morgan fingerprint density at radius 3 is 2.94 bits per heavy atom. The number of hydrogen-bond donors (Lipinski definition) is 2. The lowest BCUT2D eigenvalue weighted by Gasteiger charge is -2.35. The van der Waals surface area contributed by atoms with Gasteiger partial charge < -0.3 is 10.4 Å². The van der Waals surface area contributed by atoms with Crippen LogP contribution in [0, 0.1) is 0 Å². The Kier molecular flexibility index (Phi) is 7.76. The quantitative estimate of drug-likeness (QED) is 0.472. The predicted octanol–water partition coefficient (Wildman–Crippen LogP) is 5.04. The fraction of sp³-hybridized carbons (Fsp3) is 0.577. The number of fused-ring (bicyclic) bond motifs is 1. The molecule has 1 saturated heterocycles. The lowest BCUT2D eigenvalue weighted by Crippen LogP contribution is -2.47. The van der Waals surface area contributed by atoms with E-state index in [2.05, 4.69) is 21.4 Å². The summed E-state index contributed by atoms with van der Waals surface area (Å²) in [5.74, 6) is -3.16. The van der Waals surface area contributed by atoms with E-state index in [0.29, 0.717) is 44.3 Å². The molecule has 34 heavy (non-hydrogen) atoms. The average molecular weight is 473 g/mol. The molecule has 0 aromatic carbocycles. The minimum Gasteiger partial charge on any atom is -0.480 e. The normalized spacial score (nSPS) is 19.4. The third-order valence-corrected chi connectivity index (χ3v) is 7.03. The molecule has 0 aliphatic carbocycles. The van der Waals surface area contributed by atoms with Crippen LogP contribution in [-0.4, -0.2) is 51.0 Å². The van der Waals surface area contributed by atoms with E-state index in [-0.39, 0.29) is 6.42 Å². The molecule has 0 saturated carbocycles. The fourth-order valence-electron chi connectivity index (χ4n) is 5.20. The lowest BCUT2D eigenvalue weighted by atomic mass is 9.98. The Bertz CT molecular complexity index is 1000. The molecule has 0 radical (unpaired) electrons. The van der Waals surface area contributed by atoms with Gasteiger partial charge in [0.2, 0.25) is 0 Å². The monoisotopic (exact) mass is 472 g/mol. The molecule has 1 fully saturated rings. The third kappa shape index (κ3) is 5.54. The van der Waals surface area contributed by atoms with Crippen molar-refractivity contribution >= 4 is 11.8 Å². The number of pyridine rings is 2. The maximum atomic E-state index is 15.3. The van der Waals surface area contributed by atoms with Gasteiger partial charge in [-0.3, -0.25) is 14.7 Å². The molecule has 1 unspecified atom stereocenters. The largest absolute Gasteiger partial charge is 0.480 e. The fourth-order valence-corrected chi connectivity index (χ4v) is 5.20. The van der Waals surface area contributed by atoms with Crippen molar-refractivity contribution in [2.24, 2.45) is 0 Å². The van der Waals surface area contributed by atoms with Gasteiger partial charge in [-0.25, -0.2) is 13.8 Å². The van der Waals surface area contributed by atoms with Crippen LogP contribution in [0.25, 0.3) is 0 Å². The number of anilines is 1. The van der Waals surface area contributed by atoms with E-state index in [0.717, 1.165) is 42.9 Å². The number of alkyl halides is 2. The molecular weight excluding hydrogens is 438 g/mol. The van der Waals surface area contributed by atoms with Gasteiger partial charge in [-0.2, -0.15) is 0 Å². The number of unbranched alkanes of at least 4 members (excludes halogenated alkanes) is 1. The second-order valence-electron chi connectivity index (χ2n) is 9.39. The average Bonchev–Trinajstić information content (AvgIpc) is 3.32. The van der Waals surface area contributed by atoms with Crippen molar-refractivity contribution in [1.29, 1.82) is 0 Å². The molecule has 2 atom stereocenters. The molecule has 4 rings (SSSR count). The van der Waals surface area contributed by atoms with Gasteiger partial charge in [-0.15, -0.1) is 0 Å². The van der Waals surface area contributed by atoms with E-state index < -0.39 is 24.0 Å². The predicted molar refractivity (Wildman–Crippen MR) is 127 cm³/mol. The van der Waals surface area contributed by atoms with Crippen molar-refractivity contribution < 1.29 is 18.7 Å². The minimum absolute atomic E-state index is 0.258. The molecule has 2 N–H and O–H groups in total. The van der Waals surface area contributed by atoms with Crippen molar-refractivity contribution in [3.63, 3.8) is 0 Å². The van der Waals surface area contributed by atoms with Gasteiger partial charge in [0.05, 0.1) is 11.7 Å². The molecule has 2 aromatic rings. The van der Waals surface area contributed by atoms with E-state index in [4.69, 9.17) is 0 Å². The zero-order valence-corrected chi connectivity index (χ0v) is 19.8. The van der Waals surface area contributed by atoms with Crippen molar-refractivity contribution in [2.45, 2.75) is 82.7 Å². The molecule has 8 heteroatoms. The number of aryl methyl sites for hydroxylation is 3. The molecular formula is C26H34F2N4O2. The molecule has 184 valence electrons. The van der Waals surface area contributed by atoms with Crippen molar-refractivity contribution in [3.8, 4) is 0 Å². The number of aromatic nitrogens is 2. The summed E-state index contributed by atoms with van der Waals surface area (Å²) in [6.07, 6.45) is 6.66. The summed E-state index contributed by atoms with van der Waals surface area (Å²) in [6.45, 7) is 3.22. The van der Waals surface area contributed by atoms with Crippen LogP contribution in [0.5, 0.6) is 0 Å². The molecule has 0 amide bonds. The highest BCUT2D eigenvalue weighted by Crippen LogP contribution is 2.40. The van der Waals surface area contributed by atoms with Crippen LogP contribution in [0.15, 0.2) is 30.5 Å². The maximum absolute atomic E-state index is 15.3. The number of carboxylic acids is 1. The van der Waals surface area contributed by atoms with Crippen LogP contribution >= 0.6 is 0 Å². The summed E-state index contributed by atoms with van der Waals surface area (Å²) in [5.41, 5.74) is 3.42. The van der Waals surface area contributed by atoms with E-state index in [1.807, 2.05) is 19.1 Å². The van der Waals surface area contributed by atoms with Gasteiger partial charge >= 0.3 is 5.97 Å². The Balaban J connectivity index is 1.38. The molecule has 4 heterocycles. The summed E-state index contributed by atoms with van der Waals surface area (Å²) in [4.78, 5) is 22.5. The van der Waals surface area contributed by atoms with Gasteiger partial charge in [0.15, 0.2) is 6.04 Å². The highest BCUT2D eigenvalue weighted by Gasteiger charge is 2.49. The van der Waals surface area contributed by atoms with Gasteiger partial charge in [-0.1, -0.05) is 13.0 Å². The van der Waals surface area contributed by atoms with Crippen LogP contribution in [0.3, 0.4) is 0 Å². The summed E-state index contributed by atoms with van der Waals surface area (Å²) < 4.78 is 30.7. The number of nitrogens with one attached hydrogen (secondary N) is 1. The van der Waals surface area contributed by atoms with E-state index in [9.17, 15) is 9.90 Å². The van der Waals surface area contributed by atoms with Crippen LogP contribution < -0.4 is 5.32 Å². The smallest absolute Gasteiger partial charge is 0.327 e. The van der Waals surface area contributed by atoms with Crippen LogP contribution in [0.2, 0.25) is 0 Å². The number of aliphatic carboxylic acids is 1. The van der Waals surface area contributed by atoms with E-state index in [1.165, 1.54) is 10.5 Å². The van der Waals surface area contributed by atoms with Crippen molar-refractivity contribution in [1.82, 2.24) is 14.9 Å². The number of hydrogen-bond acceptors (Lipinski definition) is 5. The van der Waals surface area contributed by atoms with Gasteiger partial charge in [0.25, 0.3) is 5.92 Å². The molecule has 0 bridgehead atoms. The van der Waals surface area contributed by atoms with Crippen LogP contribution in [0.1, 0.15) is 74.0 Å². The van der Waals surface area contributed by atoms with Gasteiger partial charge in [0, 0.05) is 24.9 Å². The maximum Gasteiger partial charge on any atom is 0.327 e. The molecule has 2 aromatic heterocycles.